The number of hydrogen-bond donors (Lipinski definition) is 3. The first-order chi connectivity index (χ1) is 9.47. The van der Waals surface area contributed by atoms with Crippen LogP contribution in [0.15, 0.2) is 21.7 Å². The summed E-state index contributed by atoms with van der Waals surface area (Å²) in [7, 11) is 0. The average molecular weight is 309 g/mol. The zero-order valence-electron chi connectivity index (χ0n) is 10.5. The van der Waals surface area contributed by atoms with E-state index in [1.54, 1.807) is 0 Å². The Morgan fingerprint density at radius 2 is 1.90 bits per heavy atom. The Labute approximate surface area is 114 Å². The van der Waals surface area contributed by atoms with Crippen LogP contribution in [0.3, 0.4) is 0 Å². The van der Waals surface area contributed by atoms with E-state index in [1.165, 1.54) is 5.32 Å². The number of carboxylic acid groups (broad SMARTS) is 1. The van der Waals surface area contributed by atoms with Crippen LogP contribution < -0.4 is 16.4 Å². The van der Waals surface area contributed by atoms with Crippen LogP contribution >= 0.6 is 0 Å². The van der Waals surface area contributed by atoms with Gasteiger partial charge in [0.25, 0.3) is 11.1 Å². The van der Waals surface area contributed by atoms with E-state index in [0.717, 1.165) is 12.1 Å². The summed E-state index contributed by atoms with van der Waals surface area (Å²) in [4.78, 5) is 44.4. The molecule has 11 heteroatoms. The summed E-state index contributed by atoms with van der Waals surface area (Å²) in [5.41, 5.74) is -5.10. The van der Waals surface area contributed by atoms with E-state index in [0.29, 0.717) is 4.68 Å². The number of alkyl halides is 3. The third-order valence-corrected chi connectivity index (χ3v) is 2.57. The summed E-state index contributed by atoms with van der Waals surface area (Å²) >= 11 is 0. The molecule has 0 saturated heterocycles. The number of carbonyl (C=O) groups is 2. The maximum atomic E-state index is 12.7. The normalized spacial score (nSPS) is 14.3. The van der Waals surface area contributed by atoms with Gasteiger partial charge in [-0.3, -0.25) is 19.5 Å². The fraction of sp³-hybridized carbons (Fsp3) is 0.400. The van der Waals surface area contributed by atoms with E-state index in [-0.39, 0.29) is 6.92 Å². The van der Waals surface area contributed by atoms with Crippen molar-refractivity contribution in [1.82, 2.24) is 15.1 Å². The quantitative estimate of drug-likeness (QED) is 0.662. The summed E-state index contributed by atoms with van der Waals surface area (Å²) in [5.74, 6) is -3.71. The second-order valence-electron chi connectivity index (χ2n) is 4.21. The first-order valence-corrected chi connectivity index (χ1v) is 5.38. The highest BCUT2D eigenvalue weighted by molar-refractivity contribution is 5.87. The van der Waals surface area contributed by atoms with Gasteiger partial charge in [0, 0.05) is 12.1 Å². The lowest BCUT2D eigenvalue weighted by Crippen LogP contribution is -2.62. The molecule has 0 aliphatic rings. The third kappa shape index (κ3) is 3.49. The molecular formula is C10H10F3N3O5. The maximum Gasteiger partial charge on any atom is 0.422 e. The molecule has 0 aromatic carbocycles. The zero-order chi connectivity index (χ0) is 16.4. The van der Waals surface area contributed by atoms with E-state index in [1.807, 2.05) is 5.10 Å². The van der Waals surface area contributed by atoms with Crippen molar-refractivity contribution in [3.05, 3.63) is 32.8 Å². The Bertz CT molecular complexity index is 677. The van der Waals surface area contributed by atoms with Crippen molar-refractivity contribution in [1.29, 1.82) is 0 Å². The molecule has 116 valence electrons. The number of carbonyl (C=O) groups excluding carboxylic acids is 1. The second-order valence-corrected chi connectivity index (χ2v) is 4.21. The topological polar surface area (TPSA) is 121 Å². The van der Waals surface area contributed by atoms with Gasteiger partial charge in [-0.25, -0.2) is 9.48 Å². The highest BCUT2D eigenvalue weighted by atomic mass is 19.4. The lowest BCUT2D eigenvalue weighted by molar-refractivity contribution is -0.207. The van der Waals surface area contributed by atoms with Crippen LogP contribution in [0.25, 0.3) is 0 Å². The van der Waals surface area contributed by atoms with Crippen molar-refractivity contribution in [2.45, 2.75) is 25.2 Å². The first kappa shape index (κ1) is 16.5. The molecule has 0 radical (unpaired) electrons. The van der Waals surface area contributed by atoms with Crippen molar-refractivity contribution in [3.8, 4) is 0 Å². The van der Waals surface area contributed by atoms with Gasteiger partial charge in [0.15, 0.2) is 0 Å². The van der Waals surface area contributed by atoms with Crippen molar-refractivity contribution < 1.29 is 27.9 Å². The summed E-state index contributed by atoms with van der Waals surface area (Å²) in [6.07, 6.45) is -5.25. The molecule has 21 heavy (non-hydrogen) atoms. The number of aromatic nitrogens is 2. The lowest BCUT2D eigenvalue weighted by atomic mass is 10.0. The van der Waals surface area contributed by atoms with Crippen LogP contribution in [-0.4, -0.2) is 38.5 Å². The minimum Gasteiger partial charge on any atom is -0.479 e. The van der Waals surface area contributed by atoms with Gasteiger partial charge in [0.05, 0.1) is 0 Å². The van der Waals surface area contributed by atoms with Crippen molar-refractivity contribution >= 4 is 11.9 Å². The monoisotopic (exact) mass is 309 g/mol. The van der Waals surface area contributed by atoms with Crippen molar-refractivity contribution in [2.75, 3.05) is 0 Å². The number of aromatic amines is 1. The van der Waals surface area contributed by atoms with Crippen LogP contribution in [0.1, 0.15) is 6.92 Å². The summed E-state index contributed by atoms with van der Waals surface area (Å²) in [5, 5.41) is 11.8. The molecule has 0 saturated carbocycles. The minimum atomic E-state index is -5.25. The number of nitrogens with one attached hydrogen (secondary N) is 2. The largest absolute Gasteiger partial charge is 0.479 e. The molecule has 1 atom stereocenters. The Balaban J connectivity index is 3.00. The molecule has 1 rings (SSSR count). The van der Waals surface area contributed by atoms with E-state index in [2.05, 4.69) is 0 Å². The first-order valence-electron chi connectivity index (χ1n) is 5.38. The number of halogens is 3. The van der Waals surface area contributed by atoms with Gasteiger partial charge >= 0.3 is 12.1 Å². The van der Waals surface area contributed by atoms with Gasteiger partial charge in [-0.1, -0.05) is 0 Å². The molecule has 1 aromatic heterocycles. The number of amides is 1. The number of H-pyrrole nitrogens is 1. The molecule has 0 spiro atoms. The number of carboxylic acids is 1. The predicted octanol–water partition coefficient (Wildman–Crippen LogP) is -0.942. The number of hydrogen-bond acceptors (Lipinski definition) is 4. The van der Waals surface area contributed by atoms with Crippen LogP contribution in [0.5, 0.6) is 0 Å². The molecule has 0 bridgehead atoms. The molecule has 1 amide bonds. The molecule has 0 fully saturated rings. The third-order valence-electron chi connectivity index (χ3n) is 2.57. The van der Waals surface area contributed by atoms with Gasteiger partial charge in [-0.15, -0.1) is 0 Å². The molecule has 3 N–H and O–H groups in total. The Morgan fingerprint density at radius 3 is 2.38 bits per heavy atom. The Hall–Kier alpha value is -2.59. The van der Waals surface area contributed by atoms with Crippen LogP contribution in [0.2, 0.25) is 0 Å². The number of aliphatic carboxylic acids is 1. The summed E-state index contributed by atoms with van der Waals surface area (Å²) in [6.45, 7) is -0.697. The highest BCUT2D eigenvalue weighted by Gasteiger charge is 2.58. The van der Waals surface area contributed by atoms with Crippen LogP contribution in [0, 0.1) is 0 Å². The van der Waals surface area contributed by atoms with Gasteiger partial charge in [-0.2, -0.15) is 13.2 Å². The number of rotatable bonds is 4. The standard InChI is InChI=1S/C10H10F3N3O5/c1-9(8(20)21,10(11,12)13)14-6(18)4-16-7(19)3-2-5(17)15-16/h2-3H,4H2,1H3,(H,14,18)(H,15,17)(H,20,21). The molecule has 8 nitrogen and oxygen atoms in total. The SMILES string of the molecule is CC(NC(=O)Cn1[nH]c(=O)ccc1=O)(C(=O)O)C(F)(F)F. The van der Waals surface area contributed by atoms with Gasteiger partial charge in [-0.05, 0) is 6.92 Å². The van der Waals surface area contributed by atoms with Gasteiger partial charge < -0.3 is 10.4 Å². The van der Waals surface area contributed by atoms with Gasteiger partial charge in [0.2, 0.25) is 11.4 Å². The van der Waals surface area contributed by atoms with E-state index < -0.39 is 41.3 Å². The molecule has 1 aromatic rings. The van der Waals surface area contributed by atoms with Crippen LogP contribution in [-0.2, 0) is 16.1 Å². The van der Waals surface area contributed by atoms with Crippen molar-refractivity contribution in [3.63, 3.8) is 0 Å². The van der Waals surface area contributed by atoms with Gasteiger partial charge in [0.1, 0.15) is 6.54 Å². The number of nitrogens with zero attached hydrogens (tertiary/aromatic N) is 1. The second kappa shape index (κ2) is 5.42. The summed E-state index contributed by atoms with van der Waals surface area (Å²) < 4.78 is 38.5. The maximum absolute atomic E-state index is 12.7. The Kier molecular flexibility index (Phi) is 4.25. The molecule has 0 aliphatic carbocycles. The predicted molar refractivity (Wildman–Crippen MR) is 61.6 cm³/mol. The van der Waals surface area contributed by atoms with Crippen LogP contribution in [0.4, 0.5) is 13.2 Å². The smallest absolute Gasteiger partial charge is 0.422 e. The lowest BCUT2D eigenvalue weighted by Gasteiger charge is -2.28. The highest BCUT2D eigenvalue weighted by Crippen LogP contribution is 2.30. The Morgan fingerprint density at radius 1 is 1.33 bits per heavy atom. The zero-order valence-corrected chi connectivity index (χ0v) is 10.5. The molecule has 1 unspecified atom stereocenters. The fourth-order valence-corrected chi connectivity index (χ4v) is 1.29. The van der Waals surface area contributed by atoms with E-state index in [9.17, 15) is 32.3 Å². The van der Waals surface area contributed by atoms with E-state index in [4.69, 9.17) is 5.11 Å². The summed E-state index contributed by atoms with van der Waals surface area (Å²) in [6, 6.07) is 1.68. The molecule has 1 heterocycles. The van der Waals surface area contributed by atoms with E-state index >= 15 is 0 Å². The fourth-order valence-electron chi connectivity index (χ4n) is 1.29. The average Bonchev–Trinajstić information content (AvgIpc) is 2.32. The molecule has 0 aliphatic heterocycles. The minimum absolute atomic E-state index is 0.268. The molecular weight excluding hydrogens is 299 g/mol. The van der Waals surface area contributed by atoms with Crippen molar-refractivity contribution in [2.24, 2.45) is 0 Å².